The Morgan fingerprint density at radius 1 is 1.04 bits per heavy atom. The lowest BCUT2D eigenvalue weighted by Crippen LogP contribution is -2.22. The normalized spacial score (nSPS) is 10.7. The maximum absolute atomic E-state index is 14.0. The van der Waals surface area contributed by atoms with Crippen LogP contribution in [0, 0.1) is 5.82 Å². The summed E-state index contributed by atoms with van der Waals surface area (Å²) in [5, 5.41) is 5.24. The van der Waals surface area contributed by atoms with E-state index in [1.807, 2.05) is 13.8 Å². The lowest BCUT2D eigenvalue weighted by Gasteiger charge is -2.12. The highest BCUT2D eigenvalue weighted by atomic mass is 19.3. The van der Waals surface area contributed by atoms with Crippen molar-refractivity contribution in [3.63, 3.8) is 0 Å². The highest BCUT2D eigenvalue weighted by Crippen LogP contribution is 2.21. The number of carbonyl (C=O) groups is 1. The summed E-state index contributed by atoms with van der Waals surface area (Å²) < 4.78 is 47.7. The zero-order chi connectivity index (χ0) is 19.1. The smallest absolute Gasteiger partial charge is 0.387 e. The Morgan fingerprint density at radius 2 is 1.69 bits per heavy atom. The van der Waals surface area contributed by atoms with E-state index in [4.69, 9.17) is 4.74 Å². The Kier molecular flexibility index (Phi) is 6.71. The van der Waals surface area contributed by atoms with Gasteiger partial charge in [-0.05, 0) is 50.2 Å². The number of ether oxygens (including phenoxy) is 2. The summed E-state index contributed by atoms with van der Waals surface area (Å²) in [6, 6.07) is 9.79. The number of hydrogen-bond acceptors (Lipinski definition) is 4. The lowest BCUT2D eigenvalue weighted by atomic mass is 10.2. The number of amides is 1. The van der Waals surface area contributed by atoms with E-state index in [0.29, 0.717) is 11.4 Å². The van der Waals surface area contributed by atoms with Crippen LogP contribution in [-0.2, 0) is 4.79 Å². The van der Waals surface area contributed by atoms with Crippen molar-refractivity contribution in [2.24, 2.45) is 0 Å². The molecule has 8 heteroatoms. The quantitative estimate of drug-likeness (QED) is 0.731. The molecule has 2 rings (SSSR count). The van der Waals surface area contributed by atoms with Gasteiger partial charge in [0, 0.05) is 11.8 Å². The molecule has 0 bridgehead atoms. The molecule has 0 heterocycles. The van der Waals surface area contributed by atoms with Crippen molar-refractivity contribution in [1.82, 2.24) is 0 Å². The van der Waals surface area contributed by atoms with Crippen LogP contribution >= 0.6 is 0 Å². The monoisotopic (exact) mass is 368 g/mol. The van der Waals surface area contributed by atoms with Gasteiger partial charge in [-0.25, -0.2) is 4.39 Å². The number of hydrogen-bond donors (Lipinski definition) is 2. The maximum Gasteiger partial charge on any atom is 0.387 e. The van der Waals surface area contributed by atoms with Gasteiger partial charge in [0.1, 0.15) is 17.3 Å². The highest BCUT2D eigenvalue weighted by molar-refractivity contribution is 5.93. The van der Waals surface area contributed by atoms with E-state index in [0.717, 1.165) is 0 Å². The Bertz CT molecular complexity index is 737. The number of benzene rings is 2. The predicted octanol–water partition coefficient (Wildman–Crippen LogP) is 4.26. The summed E-state index contributed by atoms with van der Waals surface area (Å²) in [7, 11) is 0. The molecule has 0 aliphatic carbocycles. The average Bonchev–Trinajstić information content (AvgIpc) is 2.55. The molecule has 5 nitrogen and oxygen atoms in total. The zero-order valence-corrected chi connectivity index (χ0v) is 14.3. The third-order valence-electron chi connectivity index (χ3n) is 3.11. The molecular formula is C18H19F3N2O3. The van der Waals surface area contributed by atoms with E-state index in [1.165, 1.54) is 36.4 Å². The van der Waals surface area contributed by atoms with Gasteiger partial charge in [0.15, 0.2) is 0 Å². The highest BCUT2D eigenvalue weighted by Gasteiger charge is 2.09. The summed E-state index contributed by atoms with van der Waals surface area (Å²) in [5.41, 5.74) is 0.566. The Hall–Kier alpha value is -2.90. The Labute approximate surface area is 149 Å². The molecule has 0 radical (unpaired) electrons. The first-order valence-electron chi connectivity index (χ1n) is 7.88. The van der Waals surface area contributed by atoms with Crippen LogP contribution in [0.4, 0.5) is 24.5 Å². The molecule has 0 aliphatic heterocycles. The van der Waals surface area contributed by atoms with Gasteiger partial charge in [0.25, 0.3) is 0 Å². The maximum atomic E-state index is 14.0. The number of halogens is 3. The van der Waals surface area contributed by atoms with E-state index < -0.39 is 18.3 Å². The van der Waals surface area contributed by atoms with Crippen LogP contribution < -0.4 is 20.1 Å². The van der Waals surface area contributed by atoms with Crippen LogP contribution in [-0.4, -0.2) is 25.2 Å². The number of carbonyl (C=O) groups excluding carboxylic acids is 1. The van der Waals surface area contributed by atoms with E-state index in [1.54, 1.807) is 6.07 Å². The zero-order valence-electron chi connectivity index (χ0n) is 14.3. The van der Waals surface area contributed by atoms with Crippen molar-refractivity contribution in [2.75, 3.05) is 17.2 Å². The van der Waals surface area contributed by atoms with Gasteiger partial charge in [0.2, 0.25) is 5.91 Å². The third-order valence-corrected chi connectivity index (χ3v) is 3.11. The molecule has 140 valence electrons. The minimum Gasteiger partial charge on any atom is -0.491 e. The first-order valence-corrected chi connectivity index (χ1v) is 7.88. The standard InChI is InChI=1S/C18H19F3N2O3/c1-11(2)25-14-7-8-16(15(19)9-14)22-10-17(24)23-12-3-5-13(6-4-12)26-18(20)21/h3-9,11,18,22H,10H2,1-2H3,(H,23,24). The molecule has 0 saturated heterocycles. The fraction of sp³-hybridized carbons (Fsp3) is 0.278. The predicted molar refractivity (Wildman–Crippen MR) is 92.4 cm³/mol. The Morgan fingerprint density at radius 3 is 2.27 bits per heavy atom. The summed E-state index contributed by atoms with van der Waals surface area (Å²) in [5.74, 6) is -0.570. The van der Waals surface area contributed by atoms with Crippen molar-refractivity contribution in [3.8, 4) is 11.5 Å². The molecule has 1 amide bonds. The molecule has 2 aromatic carbocycles. The lowest BCUT2D eigenvalue weighted by molar-refractivity contribution is -0.114. The van der Waals surface area contributed by atoms with Crippen molar-refractivity contribution < 1.29 is 27.4 Å². The molecule has 0 unspecified atom stereocenters. The molecule has 2 N–H and O–H groups in total. The fourth-order valence-corrected chi connectivity index (χ4v) is 2.09. The van der Waals surface area contributed by atoms with Gasteiger partial charge >= 0.3 is 6.61 Å². The number of anilines is 2. The topological polar surface area (TPSA) is 59.6 Å². The Balaban J connectivity index is 1.86. The van der Waals surface area contributed by atoms with Gasteiger partial charge in [-0.15, -0.1) is 0 Å². The second-order valence-corrected chi connectivity index (χ2v) is 5.61. The number of nitrogens with one attached hydrogen (secondary N) is 2. The molecular weight excluding hydrogens is 349 g/mol. The second kappa shape index (κ2) is 8.98. The summed E-state index contributed by atoms with van der Waals surface area (Å²) in [6.07, 6.45) is -0.0727. The molecule has 0 aromatic heterocycles. The summed E-state index contributed by atoms with van der Waals surface area (Å²) >= 11 is 0. The molecule has 0 saturated carbocycles. The van der Waals surface area contributed by atoms with E-state index in [9.17, 15) is 18.0 Å². The van der Waals surface area contributed by atoms with Gasteiger partial charge in [-0.3, -0.25) is 4.79 Å². The van der Waals surface area contributed by atoms with Crippen LogP contribution in [0.25, 0.3) is 0 Å². The van der Waals surface area contributed by atoms with Crippen LogP contribution in [0.5, 0.6) is 11.5 Å². The largest absolute Gasteiger partial charge is 0.491 e. The van der Waals surface area contributed by atoms with E-state index in [-0.39, 0.29) is 24.1 Å². The first-order chi connectivity index (χ1) is 12.3. The van der Waals surface area contributed by atoms with Crippen molar-refractivity contribution >= 4 is 17.3 Å². The van der Waals surface area contributed by atoms with Gasteiger partial charge in [-0.1, -0.05) is 0 Å². The fourth-order valence-electron chi connectivity index (χ4n) is 2.09. The molecule has 26 heavy (non-hydrogen) atoms. The minimum atomic E-state index is -2.91. The third kappa shape index (κ3) is 6.19. The van der Waals surface area contributed by atoms with Gasteiger partial charge < -0.3 is 20.1 Å². The van der Waals surface area contributed by atoms with Crippen LogP contribution in [0.1, 0.15) is 13.8 Å². The molecule has 0 aliphatic rings. The minimum absolute atomic E-state index is 0.0121. The van der Waals surface area contributed by atoms with E-state index >= 15 is 0 Å². The van der Waals surface area contributed by atoms with Crippen LogP contribution in [0.2, 0.25) is 0 Å². The summed E-state index contributed by atoms with van der Waals surface area (Å²) in [6.45, 7) is 0.587. The SMILES string of the molecule is CC(C)Oc1ccc(NCC(=O)Nc2ccc(OC(F)F)cc2)c(F)c1. The van der Waals surface area contributed by atoms with Crippen LogP contribution in [0.15, 0.2) is 42.5 Å². The van der Waals surface area contributed by atoms with Gasteiger partial charge in [0.05, 0.1) is 18.3 Å². The summed E-state index contributed by atoms with van der Waals surface area (Å²) in [4.78, 5) is 11.9. The molecule has 2 aromatic rings. The number of rotatable bonds is 8. The van der Waals surface area contributed by atoms with Crippen LogP contribution in [0.3, 0.4) is 0 Å². The van der Waals surface area contributed by atoms with Crippen molar-refractivity contribution in [1.29, 1.82) is 0 Å². The first kappa shape index (κ1) is 19.4. The van der Waals surface area contributed by atoms with Crippen molar-refractivity contribution in [3.05, 3.63) is 48.3 Å². The second-order valence-electron chi connectivity index (χ2n) is 5.61. The van der Waals surface area contributed by atoms with Gasteiger partial charge in [-0.2, -0.15) is 8.78 Å². The average molecular weight is 368 g/mol. The molecule has 0 atom stereocenters. The number of alkyl halides is 2. The van der Waals surface area contributed by atoms with Crippen molar-refractivity contribution in [2.45, 2.75) is 26.6 Å². The molecule has 0 fully saturated rings. The molecule has 0 spiro atoms. The van der Waals surface area contributed by atoms with E-state index in [2.05, 4.69) is 15.4 Å².